The van der Waals surface area contributed by atoms with Gasteiger partial charge < -0.3 is 19.7 Å². The van der Waals surface area contributed by atoms with Gasteiger partial charge in [0.25, 0.3) is 0 Å². The molecule has 1 aromatic rings. The van der Waals surface area contributed by atoms with E-state index in [4.69, 9.17) is 9.47 Å². The fraction of sp³-hybridized carbons (Fsp3) is 0.682. The maximum absolute atomic E-state index is 12.7. The Morgan fingerprint density at radius 3 is 2.69 bits per heavy atom. The molecule has 1 saturated heterocycles. The maximum atomic E-state index is 12.7. The van der Waals surface area contributed by atoms with Gasteiger partial charge in [0.05, 0.1) is 5.92 Å². The predicted octanol–water partition coefficient (Wildman–Crippen LogP) is 3.67. The van der Waals surface area contributed by atoms with Gasteiger partial charge in [0.2, 0.25) is 11.8 Å². The van der Waals surface area contributed by atoms with Gasteiger partial charge in [0.1, 0.15) is 11.7 Å². The van der Waals surface area contributed by atoms with Crippen molar-refractivity contribution in [2.75, 3.05) is 13.1 Å². The lowest BCUT2D eigenvalue weighted by Gasteiger charge is -2.33. The van der Waals surface area contributed by atoms with Gasteiger partial charge >= 0.3 is 6.09 Å². The Kier molecular flexibility index (Phi) is 6.98. The number of carbonyl (C=O) groups is 2. The van der Waals surface area contributed by atoms with Crippen LogP contribution in [0.5, 0.6) is 5.88 Å². The van der Waals surface area contributed by atoms with Crippen molar-refractivity contribution in [3.05, 3.63) is 23.9 Å². The Bertz CT molecular complexity index is 710. The molecule has 0 radical (unpaired) electrons. The minimum atomic E-state index is -0.539. The van der Waals surface area contributed by atoms with Gasteiger partial charge in [-0.05, 0) is 65.4 Å². The minimum Gasteiger partial charge on any atom is -0.474 e. The third-order valence-corrected chi connectivity index (χ3v) is 5.33. The van der Waals surface area contributed by atoms with Gasteiger partial charge in [-0.2, -0.15) is 0 Å². The first-order chi connectivity index (χ1) is 13.8. The molecule has 2 aliphatic rings. The van der Waals surface area contributed by atoms with Gasteiger partial charge in [0.15, 0.2) is 0 Å². The average molecular weight is 404 g/mol. The Labute approximate surface area is 173 Å². The highest BCUT2D eigenvalue weighted by Gasteiger charge is 2.31. The molecule has 0 aromatic carbocycles. The van der Waals surface area contributed by atoms with Crippen LogP contribution >= 0.6 is 0 Å². The summed E-state index contributed by atoms with van der Waals surface area (Å²) in [6, 6.07) is 3.79. The van der Waals surface area contributed by atoms with Crippen LogP contribution in [0.3, 0.4) is 0 Å². The SMILES string of the molecule is CC(C)(C)OC(=O)N1CCC[C@@H](C(=O)NCc2cccnc2OC2CCCC2)C1. The summed E-state index contributed by atoms with van der Waals surface area (Å²) in [5.74, 6) is 0.333. The number of carbonyl (C=O) groups excluding carboxylic acids is 2. The number of amides is 2. The molecule has 2 amide bonds. The van der Waals surface area contributed by atoms with Crippen LogP contribution in [0.25, 0.3) is 0 Å². The molecule has 2 fully saturated rings. The number of pyridine rings is 1. The first kappa shape index (κ1) is 21.4. The molecular weight excluding hydrogens is 370 g/mol. The number of likely N-dealkylation sites (tertiary alicyclic amines) is 1. The van der Waals surface area contributed by atoms with Gasteiger partial charge in [-0.15, -0.1) is 0 Å². The summed E-state index contributed by atoms with van der Waals surface area (Å²) >= 11 is 0. The monoisotopic (exact) mass is 403 g/mol. The molecule has 1 atom stereocenters. The fourth-order valence-electron chi connectivity index (χ4n) is 3.84. The molecule has 0 unspecified atom stereocenters. The number of piperidine rings is 1. The third-order valence-electron chi connectivity index (χ3n) is 5.33. The van der Waals surface area contributed by atoms with Crippen molar-refractivity contribution in [1.29, 1.82) is 0 Å². The van der Waals surface area contributed by atoms with E-state index in [9.17, 15) is 9.59 Å². The zero-order valence-corrected chi connectivity index (χ0v) is 17.8. The summed E-state index contributed by atoms with van der Waals surface area (Å²) in [5.41, 5.74) is 0.343. The summed E-state index contributed by atoms with van der Waals surface area (Å²) in [4.78, 5) is 31.0. The second-order valence-electron chi connectivity index (χ2n) is 8.98. The van der Waals surface area contributed by atoms with Crippen LogP contribution in [-0.4, -0.2) is 46.7 Å². The van der Waals surface area contributed by atoms with Crippen LogP contribution in [0.4, 0.5) is 4.79 Å². The van der Waals surface area contributed by atoms with E-state index in [0.29, 0.717) is 25.5 Å². The van der Waals surface area contributed by atoms with Gasteiger partial charge in [0, 0.05) is 31.4 Å². The van der Waals surface area contributed by atoms with Gasteiger partial charge in [-0.25, -0.2) is 9.78 Å². The van der Waals surface area contributed by atoms with Crippen LogP contribution < -0.4 is 10.1 Å². The molecule has 0 spiro atoms. The lowest BCUT2D eigenvalue weighted by Crippen LogP contribution is -2.46. The van der Waals surface area contributed by atoms with Crippen LogP contribution in [0.2, 0.25) is 0 Å². The Morgan fingerprint density at radius 1 is 1.21 bits per heavy atom. The topological polar surface area (TPSA) is 80.8 Å². The van der Waals surface area contributed by atoms with Crippen molar-refractivity contribution in [1.82, 2.24) is 15.2 Å². The number of aromatic nitrogens is 1. The molecule has 29 heavy (non-hydrogen) atoms. The average Bonchev–Trinajstić information content (AvgIpc) is 3.19. The largest absolute Gasteiger partial charge is 0.474 e. The van der Waals surface area contributed by atoms with Gasteiger partial charge in [-0.1, -0.05) is 6.07 Å². The van der Waals surface area contributed by atoms with Crippen molar-refractivity contribution in [2.45, 2.75) is 77.5 Å². The predicted molar refractivity (Wildman–Crippen MR) is 109 cm³/mol. The van der Waals surface area contributed by atoms with Crippen molar-refractivity contribution < 1.29 is 19.1 Å². The summed E-state index contributed by atoms with van der Waals surface area (Å²) in [6.45, 7) is 6.92. The van der Waals surface area contributed by atoms with Crippen LogP contribution in [0.1, 0.15) is 64.9 Å². The molecule has 1 N–H and O–H groups in total. The minimum absolute atomic E-state index is 0.0473. The number of hydrogen-bond acceptors (Lipinski definition) is 5. The van der Waals surface area contributed by atoms with E-state index >= 15 is 0 Å². The Morgan fingerprint density at radius 2 is 1.97 bits per heavy atom. The summed E-state index contributed by atoms with van der Waals surface area (Å²) < 4.78 is 11.5. The first-order valence-corrected chi connectivity index (χ1v) is 10.7. The maximum Gasteiger partial charge on any atom is 0.410 e. The fourth-order valence-corrected chi connectivity index (χ4v) is 3.84. The zero-order valence-electron chi connectivity index (χ0n) is 17.8. The van der Waals surface area contributed by atoms with Crippen LogP contribution in [0, 0.1) is 5.92 Å². The van der Waals surface area contributed by atoms with E-state index < -0.39 is 5.60 Å². The van der Waals surface area contributed by atoms with E-state index in [2.05, 4.69) is 10.3 Å². The highest BCUT2D eigenvalue weighted by Crippen LogP contribution is 2.25. The number of nitrogens with zero attached hydrogens (tertiary/aromatic N) is 2. The van der Waals surface area contributed by atoms with Crippen molar-refractivity contribution in [3.63, 3.8) is 0 Å². The highest BCUT2D eigenvalue weighted by atomic mass is 16.6. The number of nitrogens with one attached hydrogen (secondary N) is 1. The lowest BCUT2D eigenvalue weighted by atomic mass is 9.97. The highest BCUT2D eigenvalue weighted by molar-refractivity contribution is 5.80. The number of ether oxygens (including phenoxy) is 2. The zero-order chi connectivity index (χ0) is 20.9. The van der Waals surface area contributed by atoms with Crippen molar-refractivity contribution in [2.24, 2.45) is 5.92 Å². The normalized spacial score (nSPS) is 20.4. The smallest absolute Gasteiger partial charge is 0.410 e. The van der Waals surface area contributed by atoms with E-state index in [1.165, 1.54) is 12.8 Å². The van der Waals surface area contributed by atoms with E-state index in [1.54, 1.807) is 11.1 Å². The van der Waals surface area contributed by atoms with E-state index in [1.807, 2.05) is 32.9 Å². The van der Waals surface area contributed by atoms with Crippen LogP contribution in [0.15, 0.2) is 18.3 Å². The molecule has 7 heteroatoms. The summed E-state index contributed by atoms with van der Waals surface area (Å²) in [5, 5.41) is 3.00. The third kappa shape index (κ3) is 6.34. The quantitative estimate of drug-likeness (QED) is 0.811. The number of hydrogen-bond donors (Lipinski definition) is 1. The van der Waals surface area contributed by atoms with Gasteiger partial charge in [-0.3, -0.25) is 4.79 Å². The van der Waals surface area contributed by atoms with Crippen molar-refractivity contribution >= 4 is 12.0 Å². The van der Waals surface area contributed by atoms with Crippen LogP contribution in [-0.2, 0) is 16.1 Å². The molecule has 1 saturated carbocycles. The summed E-state index contributed by atoms with van der Waals surface area (Å²) in [7, 11) is 0. The molecule has 0 bridgehead atoms. The second kappa shape index (κ2) is 9.46. The molecule has 1 aliphatic carbocycles. The molecular formula is C22H33N3O4. The number of rotatable bonds is 5. The summed E-state index contributed by atoms with van der Waals surface area (Å²) in [6.07, 6.45) is 7.66. The van der Waals surface area contributed by atoms with E-state index in [-0.39, 0.29) is 24.0 Å². The second-order valence-corrected chi connectivity index (χ2v) is 8.98. The molecule has 160 valence electrons. The Hall–Kier alpha value is -2.31. The first-order valence-electron chi connectivity index (χ1n) is 10.7. The van der Waals surface area contributed by atoms with E-state index in [0.717, 1.165) is 31.2 Å². The molecule has 7 nitrogen and oxygen atoms in total. The molecule has 3 rings (SSSR count). The standard InChI is InChI=1S/C22H33N3O4/c1-22(2,3)29-21(27)25-13-7-9-17(15-25)19(26)24-14-16-8-6-12-23-20(16)28-18-10-4-5-11-18/h6,8,12,17-18H,4-5,7,9-11,13-15H2,1-3H3,(H,24,26)/t17-/m1/s1. The molecule has 2 heterocycles. The molecule has 1 aliphatic heterocycles. The van der Waals surface area contributed by atoms with Crippen molar-refractivity contribution in [3.8, 4) is 5.88 Å². The molecule has 1 aromatic heterocycles. The lowest BCUT2D eigenvalue weighted by molar-refractivity contribution is -0.126. The Balaban J connectivity index is 1.53.